The lowest BCUT2D eigenvalue weighted by Gasteiger charge is -2.32. The highest BCUT2D eigenvalue weighted by atomic mass is 14.7. The van der Waals surface area contributed by atoms with Crippen molar-refractivity contribution < 1.29 is 0 Å². The maximum absolute atomic E-state index is 6.43. The van der Waals surface area contributed by atoms with Crippen LogP contribution < -0.4 is 5.73 Å². The largest absolute Gasteiger partial charge is 0.323 e. The highest BCUT2D eigenvalue weighted by molar-refractivity contribution is 5.31. The fraction of sp³-hybridized carbons (Fsp3) is 0.312. The molecule has 2 N–H and O–H groups in total. The molecule has 0 amide bonds. The van der Waals surface area contributed by atoms with E-state index in [0.717, 1.165) is 11.1 Å². The van der Waals surface area contributed by atoms with E-state index in [9.17, 15) is 0 Å². The molecule has 0 aliphatic heterocycles. The first-order chi connectivity index (χ1) is 8.51. The molecule has 1 heterocycles. The first-order valence-electron chi connectivity index (χ1n) is 6.24. The maximum Gasteiger partial charge on any atom is 0.0403 e. The number of nitrogens with two attached hydrogens (primary N) is 1. The number of benzene rings is 1. The summed E-state index contributed by atoms with van der Waals surface area (Å²) >= 11 is 0. The molecule has 0 aliphatic carbocycles. The third-order valence-corrected chi connectivity index (χ3v) is 3.55. The van der Waals surface area contributed by atoms with Gasteiger partial charge in [-0.2, -0.15) is 0 Å². The standard InChI is InChI=1S/C16H20N2/c1-12-9-13(11-18-10-12)15(17)16(2,3)14-7-5-4-6-8-14/h4-11,15H,17H2,1-3H3. The van der Waals surface area contributed by atoms with E-state index in [4.69, 9.17) is 5.73 Å². The van der Waals surface area contributed by atoms with Crippen LogP contribution >= 0.6 is 0 Å². The normalized spacial score (nSPS) is 13.3. The van der Waals surface area contributed by atoms with Crippen LogP contribution in [0, 0.1) is 6.92 Å². The Kier molecular flexibility index (Phi) is 3.48. The van der Waals surface area contributed by atoms with Crippen LogP contribution in [0.15, 0.2) is 48.8 Å². The zero-order valence-electron chi connectivity index (χ0n) is 11.2. The Balaban J connectivity index is 2.36. The van der Waals surface area contributed by atoms with E-state index in [-0.39, 0.29) is 11.5 Å². The molecule has 18 heavy (non-hydrogen) atoms. The lowest BCUT2D eigenvalue weighted by atomic mass is 9.75. The van der Waals surface area contributed by atoms with Crippen LogP contribution in [0.5, 0.6) is 0 Å². The SMILES string of the molecule is Cc1cncc(C(N)C(C)(C)c2ccccc2)c1. The van der Waals surface area contributed by atoms with E-state index in [1.54, 1.807) is 0 Å². The van der Waals surface area contributed by atoms with Crippen molar-refractivity contribution in [3.05, 3.63) is 65.5 Å². The summed E-state index contributed by atoms with van der Waals surface area (Å²) in [6.07, 6.45) is 3.72. The van der Waals surface area contributed by atoms with E-state index < -0.39 is 0 Å². The summed E-state index contributed by atoms with van der Waals surface area (Å²) in [5.74, 6) is 0. The van der Waals surface area contributed by atoms with Crippen molar-refractivity contribution in [2.45, 2.75) is 32.2 Å². The summed E-state index contributed by atoms with van der Waals surface area (Å²) in [5, 5.41) is 0. The van der Waals surface area contributed by atoms with Crippen LogP contribution in [0.2, 0.25) is 0 Å². The summed E-state index contributed by atoms with van der Waals surface area (Å²) < 4.78 is 0. The summed E-state index contributed by atoms with van der Waals surface area (Å²) in [4.78, 5) is 4.23. The highest BCUT2D eigenvalue weighted by Crippen LogP contribution is 2.34. The average Bonchev–Trinajstić information content (AvgIpc) is 2.39. The van der Waals surface area contributed by atoms with E-state index in [1.165, 1.54) is 5.56 Å². The van der Waals surface area contributed by atoms with Crippen LogP contribution in [-0.2, 0) is 5.41 Å². The molecule has 0 radical (unpaired) electrons. The Labute approximate surface area is 109 Å². The van der Waals surface area contributed by atoms with E-state index in [1.807, 2.05) is 25.4 Å². The van der Waals surface area contributed by atoms with Gasteiger partial charge < -0.3 is 5.73 Å². The van der Waals surface area contributed by atoms with Crippen LogP contribution in [0.1, 0.15) is 36.6 Å². The molecule has 94 valence electrons. The molecule has 1 atom stereocenters. The van der Waals surface area contributed by atoms with Gasteiger partial charge in [-0.3, -0.25) is 4.98 Å². The summed E-state index contributed by atoms with van der Waals surface area (Å²) in [5.41, 5.74) is 9.80. The van der Waals surface area contributed by atoms with Gasteiger partial charge >= 0.3 is 0 Å². The maximum atomic E-state index is 6.43. The Morgan fingerprint density at radius 1 is 1.11 bits per heavy atom. The first-order valence-corrected chi connectivity index (χ1v) is 6.24. The minimum absolute atomic E-state index is 0.0627. The molecule has 2 rings (SSSR count). The van der Waals surface area contributed by atoms with Crippen molar-refractivity contribution in [2.24, 2.45) is 5.73 Å². The van der Waals surface area contributed by atoms with Crippen LogP contribution in [0.25, 0.3) is 0 Å². The predicted octanol–water partition coefficient (Wildman–Crippen LogP) is 3.37. The number of aromatic nitrogens is 1. The molecular formula is C16H20N2. The van der Waals surface area contributed by atoms with Crippen molar-refractivity contribution in [2.75, 3.05) is 0 Å². The molecular weight excluding hydrogens is 220 g/mol. The minimum Gasteiger partial charge on any atom is -0.323 e. The Hall–Kier alpha value is -1.67. The Morgan fingerprint density at radius 2 is 1.78 bits per heavy atom. The van der Waals surface area contributed by atoms with Crippen LogP contribution in [0.4, 0.5) is 0 Å². The molecule has 0 fully saturated rings. The zero-order valence-corrected chi connectivity index (χ0v) is 11.2. The molecule has 1 aromatic carbocycles. The molecule has 0 aliphatic rings. The third-order valence-electron chi connectivity index (χ3n) is 3.55. The van der Waals surface area contributed by atoms with E-state index in [0.29, 0.717) is 0 Å². The lowest BCUT2D eigenvalue weighted by molar-refractivity contribution is 0.420. The molecule has 0 spiro atoms. The van der Waals surface area contributed by atoms with Gasteiger partial charge in [0.25, 0.3) is 0 Å². The summed E-state index contributed by atoms with van der Waals surface area (Å²) in [7, 11) is 0. The fourth-order valence-corrected chi connectivity index (χ4v) is 2.21. The summed E-state index contributed by atoms with van der Waals surface area (Å²) in [6, 6.07) is 12.4. The number of hydrogen-bond donors (Lipinski definition) is 1. The number of aryl methyl sites for hydroxylation is 1. The minimum atomic E-state index is -0.114. The smallest absolute Gasteiger partial charge is 0.0403 e. The lowest BCUT2D eigenvalue weighted by Crippen LogP contribution is -2.33. The average molecular weight is 240 g/mol. The second-order valence-electron chi connectivity index (χ2n) is 5.36. The molecule has 0 saturated carbocycles. The van der Waals surface area contributed by atoms with Crippen molar-refractivity contribution in [1.82, 2.24) is 4.98 Å². The highest BCUT2D eigenvalue weighted by Gasteiger charge is 2.29. The van der Waals surface area contributed by atoms with Gasteiger partial charge in [-0.25, -0.2) is 0 Å². The van der Waals surface area contributed by atoms with Gasteiger partial charge in [-0.15, -0.1) is 0 Å². The Morgan fingerprint density at radius 3 is 2.39 bits per heavy atom. The van der Waals surface area contributed by atoms with Gasteiger partial charge in [0.15, 0.2) is 0 Å². The molecule has 1 unspecified atom stereocenters. The number of nitrogens with zero attached hydrogens (tertiary/aromatic N) is 1. The van der Waals surface area contributed by atoms with Gasteiger partial charge in [0, 0.05) is 23.9 Å². The van der Waals surface area contributed by atoms with Gasteiger partial charge in [0.2, 0.25) is 0 Å². The molecule has 0 saturated heterocycles. The molecule has 0 bridgehead atoms. The second-order valence-corrected chi connectivity index (χ2v) is 5.36. The van der Waals surface area contributed by atoms with E-state index in [2.05, 4.69) is 49.2 Å². The topological polar surface area (TPSA) is 38.9 Å². The van der Waals surface area contributed by atoms with Gasteiger partial charge in [0.05, 0.1) is 0 Å². The zero-order chi connectivity index (χ0) is 13.2. The number of hydrogen-bond acceptors (Lipinski definition) is 2. The number of rotatable bonds is 3. The molecule has 2 nitrogen and oxygen atoms in total. The number of pyridine rings is 1. The van der Waals surface area contributed by atoms with Crippen molar-refractivity contribution in [3.8, 4) is 0 Å². The van der Waals surface area contributed by atoms with Crippen LogP contribution in [-0.4, -0.2) is 4.98 Å². The third kappa shape index (κ3) is 2.44. The molecule has 1 aromatic heterocycles. The predicted molar refractivity (Wildman–Crippen MR) is 75.4 cm³/mol. The first kappa shape index (κ1) is 12.8. The van der Waals surface area contributed by atoms with Crippen LogP contribution in [0.3, 0.4) is 0 Å². The van der Waals surface area contributed by atoms with Crippen molar-refractivity contribution >= 4 is 0 Å². The Bertz CT molecular complexity index is 518. The fourth-order valence-electron chi connectivity index (χ4n) is 2.21. The second kappa shape index (κ2) is 4.91. The molecule has 2 heteroatoms. The monoisotopic (exact) mass is 240 g/mol. The van der Waals surface area contributed by atoms with Crippen molar-refractivity contribution in [1.29, 1.82) is 0 Å². The van der Waals surface area contributed by atoms with Gasteiger partial charge in [-0.05, 0) is 23.6 Å². The van der Waals surface area contributed by atoms with E-state index >= 15 is 0 Å². The van der Waals surface area contributed by atoms with Gasteiger partial charge in [-0.1, -0.05) is 50.2 Å². The quantitative estimate of drug-likeness (QED) is 0.893. The summed E-state index contributed by atoms with van der Waals surface area (Å²) in [6.45, 7) is 6.39. The van der Waals surface area contributed by atoms with Gasteiger partial charge in [0.1, 0.15) is 0 Å². The van der Waals surface area contributed by atoms with Crippen molar-refractivity contribution in [3.63, 3.8) is 0 Å². The molecule has 2 aromatic rings.